The quantitative estimate of drug-likeness (QED) is 0.485. The van der Waals surface area contributed by atoms with Gasteiger partial charge in [0.05, 0.1) is 31.0 Å². The predicted octanol–water partition coefficient (Wildman–Crippen LogP) is 3.10. The second kappa shape index (κ2) is 10.4. The Bertz CT molecular complexity index is 1260. The van der Waals surface area contributed by atoms with Crippen LogP contribution in [0.2, 0.25) is 5.02 Å². The molecule has 180 valence electrons. The van der Waals surface area contributed by atoms with E-state index in [9.17, 15) is 9.59 Å². The number of aromatic nitrogens is 2. The molecule has 3 aromatic rings. The zero-order valence-corrected chi connectivity index (χ0v) is 19.8. The molecule has 2 aliphatic rings. The normalized spacial score (nSPS) is 15.4. The van der Waals surface area contributed by atoms with Gasteiger partial charge in [0.15, 0.2) is 0 Å². The third-order valence-electron chi connectivity index (χ3n) is 5.92. The Morgan fingerprint density at radius 3 is 2.89 bits per heavy atom. The second-order valence-electron chi connectivity index (χ2n) is 8.40. The molecule has 2 aliphatic heterocycles. The molecule has 0 bridgehead atoms. The van der Waals surface area contributed by atoms with Crippen molar-refractivity contribution in [3.63, 3.8) is 0 Å². The molecular weight excluding hydrogens is 468 g/mol. The van der Waals surface area contributed by atoms with Crippen LogP contribution in [0.3, 0.4) is 0 Å². The number of nitrogens with zero attached hydrogens (tertiary/aromatic N) is 3. The van der Waals surface area contributed by atoms with E-state index in [1.807, 2.05) is 18.2 Å². The average Bonchev–Trinajstić information content (AvgIpc) is 2.99. The van der Waals surface area contributed by atoms with E-state index in [-0.39, 0.29) is 18.2 Å². The first-order valence-electron chi connectivity index (χ1n) is 11.5. The van der Waals surface area contributed by atoms with E-state index in [0.29, 0.717) is 40.1 Å². The lowest BCUT2D eigenvalue weighted by molar-refractivity contribution is -0.115. The highest BCUT2D eigenvalue weighted by atomic mass is 35.5. The highest BCUT2D eigenvalue weighted by Crippen LogP contribution is 2.34. The number of carbonyl (C=O) groups is 2. The molecule has 35 heavy (non-hydrogen) atoms. The van der Waals surface area contributed by atoms with Crippen LogP contribution in [-0.2, 0) is 16.0 Å². The van der Waals surface area contributed by atoms with E-state index < -0.39 is 0 Å². The number of anilines is 3. The van der Waals surface area contributed by atoms with Gasteiger partial charge in [-0.05, 0) is 36.4 Å². The number of amides is 2. The Kier molecular flexibility index (Phi) is 6.89. The molecule has 2 amide bonds. The van der Waals surface area contributed by atoms with Crippen LogP contribution in [0.5, 0.6) is 0 Å². The summed E-state index contributed by atoms with van der Waals surface area (Å²) in [7, 11) is 0. The lowest BCUT2D eigenvalue weighted by Crippen LogP contribution is -2.41. The number of nitrogens with one attached hydrogen (secondary N) is 3. The summed E-state index contributed by atoms with van der Waals surface area (Å²) in [6.07, 6.45) is 1.82. The fourth-order valence-electron chi connectivity index (χ4n) is 4.14. The Morgan fingerprint density at radius 2 is 2.03 bits per heavy atom. The van der Waals surface area contributed by atoms with Crippen molar-refractivity contribution in [1.82, 2.24) is 20.2 Å². The summed E-state index contributed by atoms with van der Waals surface area (Å²) in [6.45, 7) is 4.60. The van der Waals surface area contributed by atoms with Crippen LogP contribution in [0.15, 0.2) is 48.7 Å². The van der Waals surface area contributed by atoms with Crippen molar-refractivity contribution in [1.29, 1.82) is 0 Å². The number of ether oxygens (including phenoxy) is 1. The molecule has 2 aromatic carbocycles. The van der Waals surface area contributed by atoms with E-state index >= 15 is 0 Å². The van der Waals surface area contributed by atoms with Crippen molar-refractivity contribution < 1.29 is 14.3 Å². The van der Waals surface area contributed by atoms with E-state index in [2.05, 4.69) is 30.8 Å². The van der Waals surface area contributed by atoms with Gasteiger partial charge in [0.2, 0.25) is 11.9 Å². The number of benzene rings is 2. The highest BCUT2D eigenvalue weighted by Gasteiger charge is 2.21. The number of rotatable bonds is 6. The van der Waals surface area contributed by atoms with Gasteiger partial charge in [0, 0.05) is 59.8 Å². The summed E-state index contributed by atoms with van der Waals surface area (Å²) in [6, 6.07) is 12.5. The van der Waals surface area contributed by atoms with Crippen molar-refractivity contribution in [2.75, 3.05) is 50.0 Å². The molecule has 0 aliphatic carbocycles. The van der Waals surface area contributed by atoms with Crippen LogP contribution in [-0.4, -0.2) is 66.1 Å². The van der Waals surface area contributed by atoms with Gasteiger partial charge in [-0.3, -0.25) is 14.5 Å². The lowest BCUT2D eigenvalue weighted by Gasteiger charge is -2.26. The molecule has 5 rings (SSSR count). The standard InChI is InChI=1S/C25H25ClN6O3/c26-18-4-5-20-21(14-18)30-22(33)13-17-15-28-25(31-23(17)20)29-19-3-1-2-16(12-19)24(34)27-6-7-32-8-10-35-11-9-32/h1-5,12,14-15H,6-11,13H2,(H,27,34)(H,30,33)(H,28,29,31). The summed E-state index contributed by atoms with van der Waals surface area (Å²) in [5.74, 6) is 0.0768. The van der Waals surface area contributed by atoms with Gasteiger partial charge in [0.25, 0.3) is 5.91 Å². The molecule has 9 nitrogen and oxygen atoms in total. The van der Waals surface area contributed by atoms with Crippen molar-refractivity contribution in [3.8, 4) is 11.3 Å². The minimum absolute atomic E-state index is 0.139. The molecule has 3 N–H and O–H groups in total. The number of hydrogen-bond donors (Lipinski definition) is 3. The van der Waals surface area contributed by atoms with E-state index in [4.69, 9.17) is 16.3 Å². The minimum atomic E-state index is -0.149. The van der Waals surface area contributed by atoms with Crippen LogP contribution in [0.25, 0.3) is 11.3 Å². The molecule has 1 fully saturated rings. The summed E-state index contributed by atoms with van der Waals surface area (Å²) >= 11 is 6.12. The Hall–Kier alpha value is -3.53. The summed E-state index contributed by atoms with van der Waals surface area (Å²) < 4.78 is 5.35. The first-order chi connectivity index (χ1) is 17.0. The summed E-state index contributed by atoms with van der Waals surface area (Å²) in [5.41, 5.74) is 3.99. The largest absolute Gasteiger partial charge is 0.379 e. The molecule has 0 atom stereocenters. The average molecular weight is 493 g/mol. The zero-order chi connectivity index (χ0) is 24.2. The van der Waals surface area contributed by atoms with Gasteiger partial charge in [0.1, 0.15) is 0 Å². The molecule has 10 heteroatoms. The third-order valence-corrected chi connectivity index (χ3v) is 6.16. The van der Waals surface area contributed by atoms with E-state index in [0.717, 1.165) is 44.0 Å². The molecular formula is C25H25ClN6O3. The van der Waals surface area contributed by atoms with Gasteiger partial charge in [-0.2, -0.15) is 0 Å². The number of fused-ring (bicyclic) bond motifs is 3. The highest BCUT2D eigenvalue weighted by molar-refractivity contribution is 6.31. The maximum absolute atomic E-state index is 12.7. The van der Waals surface area contributed by atoms with Crippen molar-refractivity contribution in [3.05, 3.63) is 64.8 Å². The number of hydrogen-bond acceptors (Lipinski definition) is 7. The lowest BCUT2D eigenvalue weighted by atomic mass is 10.1. The molecule has 0 spiro atoms. The molecule has 1 aromatic heterocycles. The minimum Gasteiger partial charge on any atom is -0.379 e. The smallest absolute Gasteiger partial charge is 0.251 e. The summed E-state index contributed by atoms with van der Waals surface area (Å²) in [5, 5.41) is 9.55. The maximum atomic E-state index is 12.7. The first-order valence-corrected chi connectivity index (χ1v) is 11.8. The van der Waals surface area contributed by atoms with Crippen molar-refractivity contribution in [2.45, 2.75) is 6.42 Å². The summed E-state index contributed by atoms with van der Waals surface area (Å²) in [4.78, 5) is 36.3. The second-order valence-corrected chi connectivity index (χ2v) is 8.83. The molecule has 0 saturated carbocycles. The van der Waals surface area contributed by atoms with E-state index in [1.54, 1.807) is 30.5 Å². The SMILES string of the molecule is O=C1Cc2cnc(Nc3cccc(C(=O)NCCN4CCOCC4)c3)nc2-c2ccc(Cl)cc2N1. The monoisotopic (exact) mass is 492 g/mol. The van der Waals surface area contributed by atoms with Gasteiger partial charge < -0.3 is 20.7 Å². The van der Waals surface area contributed by atoms with Crippen LogP contribution in [0.4, 0.5) is 17.3 Å². The van der Waals surface area contributed by atoms with Gasteiger partial charge in [-0.15, -0.1) is 0 Å². The number of halogens is 1. The number of morpholine rings is 1. The van der Waals surface area contributed by atoms with Crippen molar-refractivity contribution in [2.24, 2.45) is 0 Å². The zero-order valence-electron chi connectivity index (χ0n) is 19.0. The third kappa shape index (κ3) is 5.59. The van der Waals surface area contributed by atoms with Crippen LogP contribution >= 0.6 is 11.6 Å². The topological polar surface area (TPSA) is 108 Å². The molecule has 1 saturated heterocycles. The Labute approximate surface area is 207 Å². The molecule has 3 heterocycles. The first kappa shape index (κ1) is 23.2. The maximum Gasteiger partial charge on any atom is 0.251 e. The van der Waals surface area contributed by atoms with Crippen molar-refractivity contribution >= 4 is 40.7 Å². The Balaban J connectivity index is 1.30. The predicted molar refractivity (Wildman–Crippen MR) is 134 cm³/mol. The van der Waals surface area contributed by atoms with Crippen LogP contribution in [0, 0.1) is 0 Å². The number of carbonyl (C=O) groups excluding carboxylic acids is 2. The van der Waals surface area contributed by atoms with Gasteiger partial charge in [-0.1, -0.05) is 17.7 Å². The fourth-order valence-corrected chi connectivity index (χ4v) is 4.32. The van der Waals surface area contributed by atoms with Gasteiger partial charge >= 0.3 is 0 Å². The molecule has 0 radical (unpaired) electrons. The molecule has 0 unspecified atom stereocenters. The van der Waals surface area contributed by atoms with E-state index in [1.165, 1.54) is 0 Å². The van der Waals surface area contributed by atoms with Crippen LogP contribution in [0.1, 0.15) is 15.9 Å². The van der Waals surface area contributed by atoms with Crippen LogP contribution < -0.4 is 16.0 Å². The fraction of sp³-hybridized carbons (Fsp3) is 0.280. The van der Waals surface area contributed by atoms with Gasteiger partial charge in [-0.25, -0.2) is 9.97 Å². The Morgan fingerprint density at radius 1 is 1.17 bits per heavy atom.